The first-order valence-electron chi connectivity index (χ1n) is 4.49. The summed E-state index contributed by atoms with van der Waals surface area (Å²) in [6, 6.07) is 0.239. The highest BCUT2D eigenvalue weighted by Crippen LogP contribution is 2.09. The van der Waals surface area contributed by atoms with Crippen LogP contribution in [-0.2, 0) is 7.05 Å². The summed E-state index contributed by atoms with van der Waals surface area (Å²) in [5.74, 6) is 0. The highest BCUT2D eigenvalue weighted by molar-refractivity contribution is 5.08. The molecule has 2 N–H and O–H groups in total. The van der Waals surface area contributed by atoms with Crippen molar-refractivity contribution < 1.29 is 5.11 Å². The van der Waals surface area contributed by atoms with Gasteiger partial charge in [-0.1, -0.05) is 0 Å². The summed E-state index contributed by atoms with van der Waals surface area (Å²) in [6.07, 6.45) is 3.50. The first kappa shape index (κ1) is 10.2. The number of rotatable bonds is 4. The van der Waals surface area contributed by atoms with Crippen molar-refractivity contribution in [3.63, 3.8) is 0 Å². The van der Waals surface area contributed by atoms with E-state index >= 15 is 0 Å². The molecule has 0 spiro atoms. The standard InChI is InChI=1S/C9H17N3O/c1-7(13)4-10-8(2)9-5-11-12(3)6-9/h5-8,10,13H,4H2,1-3H3. The molecule has 0 aliphatic carbocycles. The number of hydrogen-bond acceptors (Lipinski definition) is 3. The SMILES string of the molecule is CC(O)CNC(C)c1cnn(C)c1. The molecule has 13 heavy (non-hydrogen) atoms. The normalized spacial score (nSPS) is 15.7. The lowest BCUT2D eigenvalue weighted by atomic mass is 10.2. The highest BCUT2D eigenvalue weighted by atomic mass is 16.3. The van der Waals surface area contributed by atoms with Crippen LogP contribution in [0.5, 0.6) is 0 Å². The van der Waals surface area contributed by atoms with E-state index in [0.717, 1.165) is 5.56 Å². The Balaban J connectivity index is 2.44. The highest BCUT2D eigenvalue weighted by Gasteiger charge is 2.07. The lowest BCUT2D eigenvalue weighted by Crippen LogP contribution is -2.26. The van der Waals surface area contributed by atoms with E-state index in [-0.39, 0.29) is 12.1 Å². The van der Waals surface area contributed by atoms with Crippen LogP contribution in [-0.4, -0.2) is 27.5 Å². The smallest absolute Gasteiger partial charge is 0.0636 e. The average molecular weight is 183 g/mol. The third kappa shape index (κ3) is 3.16. The van der Waals surface area contributed by atoms with Gasteiger partial charge < -0.3 is 10.4 Å². The zero-order valence-corrected chi connectivity index (χ0v) is 8.36. The van der Waals surface area contributed by atoms with E-state index < -0.39 is 0 Å². The first-order valence-corrected chi connectivity index (χ1v) is 4.49. The first-order chi connectivity index (χ1) is 6.09. The number of nitrogens with zero attached hydrogens (tertiary/aromatic N) is 2. The van der Waals surface area contributed by atoms with Crippen molar-refractivity contribution in [3.05, 3.63) is 18.0 Å². The van der Waals surface area contributed by atoms with Gasteiger partial charge in [0, 0.05) is 31.4 Å². The maximum Gasteiger partial charge on any atom is 0.0636 e. The van der Waals surface area contributed by atoms with Crippen molar-refractivity contribution in [3.8, 4) is 0 Å². The molecule has 1 aromatic heterocycles. The second kappa shape index (κ2) is 4.39. The number of aliphatic hydroxyl groups is 1. The Morgan fingerprint density at radius 3 is 2.77 bits per heavy atom. The van der Waals surface area contributed by atoms with Crippen molar-refractivity contribution in [2.24, 2.45) is 7.05 Å². The average Bonchev–Trinajstić information content (AvgIpc) is 2.47. The summed E-state index contributed by atoms with van der Waals surface area (Å²) in [6.45, 7) is 4.43. The monoisotopic (exact) mass is 183 g/mol. The van der Waals surface area contributed by atoms with Gasteiger partial charge in [-0.05, 0) is 13.8 Å². The fraction of sp³-hybridized carbons (Fsp3) is 0.667. The third-order valence-electron chi connectivity index (χ3n) is 1.94. The number of hydrogen-bond donors (Lipinski definition) is 2. The van der Waals surface area contributed by atoms with E-state index in [4.69, 9.17) is 5.11 Å². The Morgan fingerprint density at radius 1 is 1.62 bits per heavy atom. The van der Waals surface area contributed by atoms with Gasteiger partial charge in [0.2, 0.25) is 0 Å². The molecule has 1 rings (SSSR count). The van der Waals surface area contributed by atoms with E-state index in [9.17, 15) is 0 Å². The topological polar surface area (TPSA) is 50.1 Å². The van der Waals surface area contributed by atoms with Crippen LogP contribution in [0.25, 0.3) is 0 Å². The molecule has 0 radical (unpaired) electrons. The van der Waals surface area contributed by atoms with E-state index in [0.29, 0.717) is 6.54 Å². The van der Waals surface area contributed by atoms with Crippen LogP contribution >= 0.6 is 0 Å². The van der Waals surface area contributed by atoms with E-state index in [1.165, 1.54) is 0 Å². The van der Waals surface area contributed by atoms with Gasteiger partial charge in [0.1, 0.15) is 0 Å². The molecule has 4 nitrogen and oxygen atoms in total. The van der Waals surface area contributed by atoms with Crippen LogP contribution in [0.3, 0.4) is 0 Å². The Hall–Kier alpha value is -0.870. The molecule has 74 valence electrons. The predicted octanol–water partition coefficient (Wildman–Crippen LogP) is 0.451. The number of aliphatic hydroxyl groups excluding tert-OH is 1. The Bertz CT molecular complexity index is 257. The van der Waals surface area contributed by atoms with Crippen LogP contribution in [0, 0.1) is 0 Å². The quantitative estimate of drug-likeness (QED) is 0.712. The zero-order chi connectivity index (χ0) is 9.84. The maximum atomic E-state index is 9.07. The lowest BCUT2D eigenvalue weighted by molar-refractivity contribution is 0.187. The zero-order valence-electron chi connectivity index (χ0n) is 8.36. The molecule has 0 bridgehead atoms. The van der Waals surface area contributed by atoms with Gasteiger partial charge in [0.25, 0.3) is 0 Å². The van der Waals surface area contributed by atoms with Gasteiger partial charge in [-0.25, -0.2) is 0 Å². The molecule has 0 fully saturated rings. The van der Waals surface area contributed by atoms with Crippen molar-refractivity contribution in [2.75, 3.05) is 6.54 Å². The molecule has 0 amide bonds. The minimum absolute atomic E-state index is 0.239. The van der Waals surface area contributed by atoms with Crippen molar-refractivity contribution in [1.82, 2.24) is 15.1 Å². The van der Waals surface area contributed by atoms with Crippen LogP contribution < -0.4 is 5.32 Å². The lowest BCUT2D eigenvalue weighted by Gasteiger charge is -2.12. The Labute approximate surface area is 78.6 Å². The minimum atomic E-state index is -0.306. The van der Waals surface area contributed by atoms with E-state index in [2.05, 4.69) is 17.3 Å². The van der Waals surface area contributed by atoms with Crippen molar-refractivity contribution >= 4 is 0 Å². The van der Waals surface area contributed by atoms with E-state index in [1.807, 2.05) is 19.4 Å². The van der Waals surface area contributed by atoms with Gasteiger partial charge in [-0.3, -0.25) is 4.68 Å². The Morgan fingerprint density at radius 2 is 2.31 bits per heavy atom. The molecule has 1 heterocycles. The third-order valence-corrected chi connectivity index (χ3v) is 1.94. The summed E-state index contributed by atoms with van der Waals surface area (Å²) in [4.78, 5) is 0. The van der Waals surface area contributed by atoms with Gasteiger partial charge >= 0.3 is 0 Å². The molecule has 1 aromatic rings. The van der Waals surface area contributed by atoms with Crippen LogP contribution in [0.2, 0.25) is 0 Å². The summed E-state index contributed by atoms with van der Waals surface area (Å²) in [5, 5.41) is 16.4. The molecule has 0 saturated heterocycles. The molecule has 0 saturated carbocycles. The summed E-state index contributed by atoms with van der Waals surface area (Å²) < 4.78 is 1.77. The maximum absolute atomic E-state index is 9.07. The van der Waals surface area contributed by atoms with E-state index in [1.54, 1.807) is 11.6 Å². The largest absolute Gasteiger partial charge is 0.392 e. The van der Waals surface area contributed by atoms with Gasteiger partial charge in [-0.2, -0.15) is 5.10 Å². The summed E-state index contributed by atoms with van der Waals surface area (Å²) >= 11 is 0. The van der Waals surface area contributed by atoms with Crippen LogP contribution in [0.1, 0.15) is 25.5 Å². The summed E-state index contributed by atoms with van der Waals surface area (Å²) in [7, 11) is 1.89. The molecule has 0 aromatic carbocycles. The molecule has 0 aliphatic rings. The fourth-order valence-corrected chi connectivity index (χ4v) is 1.13. The molecular weight excluding hydrogens is 166 g/mol. The van der Waals surface area contributed by atoms with Crippen LogP contribution in [0.15, 0.2) is 12.4 Å². The minimum Gasteiger partial charge on any atom is -0.392 e. The van der Waals surface area contributed by atoms with Crippen molar-refractivity contribution in [1.29, 1.82) is 0 Å². The number of aryl methyl sites for hydroxylation is 1. The van der Waals surface area contributed by atoms with Crippen LogP contribution in [0.4, 0.5) is 0 Å². The molecule has 2 atom stereocenters. The summed E-state index contributed by atoms with van der Waals surface area (Å²) in [5.41, 5.74) is 1.14. The molecule has 2 unspecified atom stereocenters. The molecule has 0 aliphatic heterocycles. The van der Waals surface area contributed by atoms with Crippen molar-refractivity contribution in [2.45, 2.75) is 26.0 Å². The fourth-order valence-electron chi connectivity index (χ4n) is 1.13. The van der Waals surface area contributed by atoms with Gasteiger partial charge in [-0.15, -0.1) is 0 Å². The predicted molar refractivity (Wildman–Crippen MR) is 51.3 cm³/mol. The van der Waals surface area contributed by atoms with Gasteiger partial charge in [0.15, 0.2) is 0 Å². The molecule has 4 heteroatoms. The number of aromatic nitrogens is 2. The molecular formula is C9H17N3O. The Kier molecular flexibility index (Phi) is 3.45. The number of nitrogens with one attached hydrogen (secondary N) is 1. The second-order valence-corrected chi connectivity index (χ2v) is 3.43. The second-order valence-electron chi connectivity index (χ2n) is 3.43. The van der Waals surface area contributed by atoms with Gasteiger partial charge in [0.05, 0.1) is 12.3 Å².